The summed E-state index contributed by atoms with van der Waals surface area (Å²) in [6, 6.07) is 15.8. The zero-order valence-corrected chi connectivity index (χ0v) is 11.1. The minimum Gasteiger partial charge on any atom is -0.325 e. The molecule has 2 aromatic heterocycles. The van der Waals surface area contributed by atoms with E-state index in [1.54, 1.807) is 6.20 Å². The monoisotopic (exact) mass is 299 g/mol. The number of hydrogen-bond donors (Lipinski definition) is 1. The van der Waals surface area contributed by atoms with Crippen LogP contribution in [0.15, 0.2) is 59.2 Å². The lowest BCUT2D eigenvalue weighted by Crippen LogP contribution is -1.95. The van der Waals surface area contributed by atoms with Gasteiger partial charge in [-0.15, -0.1) is 0 Å². The Morgan fingerprint density at radius 3 is 2.67 bits per heavy atom. The highest BCUT2D eigenvalue weighted by Gasteiger charge is 2.00. The first kappa shape index (κ1) is 11.2. The average Bonchev–Trinajstić information content (AvgIpc) is 2.39. The molecule has 0 radical (unpaired) electrons. The molecule has 4 heteroatoms. The van der Waals surface area contributed by atoms with Crippen LogP contribution in [0, 0.1) is 0 Å². The van der Waals surface area contributed by atoms with E-state index >= 15 is 0 Å². The summed E-state index contributed by atoms with van der Waals surface area (Å²) >= 11 is 3.45. The Kier molecular flexibility index (Phi) is 2.94. The van der Waals surface area contributed by atoms with Gasteiger partial charge in [0, 0.05) is 16.1 Å². The number of halogens is 1. The molecule has 0 amide bonds. The molecule has 88 valence electrons. The predicted octanol–water partition coefficient (Wildman–Crippen LogP) is 4.14. The normalized spacial score (nSPS) is 10.5. The van der Waals surface area contributed by atoms with Crippen molar-refractivity contribution in [2.75, 3.05) is 5.32 Å². The molecule has 0 aliphatic heterocycles. The fraction of sp³-hybridized carbons (Fsp3) is 0. The lowest BCUT2D eigenvalue weighted by Gasteiger charge is -2.05. The summed E-state index contributed by atoms with van der Waals surface area (Å²) in [4.78, 5) is 8.76. The molecular formula is C14H10BrN3. The smallest absolute Gasteiger partial charge is 0.132 e. The summed E-state index contributed by atoms with van der Waals surface area (Å²) in [5.41, 5.74) is 0.949. The van der Waals surface area contributed by atoms with Crippen LogP contribution in [-0.2, 0) is 0 Å². The van der Waals surface area contributed by atoms with Gasteiger partial charge in [0.25, 0.3) is 0 Å². The van der Waals surface area contributed by atoms with Gasteiger partial charge < -0.3 is 5.32 Å². The van der Waals surface area contributed by atoms with Crippen molar-refractivity contribution in [3.8, 4) is 0 Å². The Hall–Kier alpha value is -1.94. The van der Waals surface area contributed by atoms with Crippen molar-refractivity contribution in [2.24, 2.45) is 0 Å². The Morgan fingerprint density at radius 2 is 1.83 bits per heavy atom. The highest BCUT2D eigenvalue weighted by Crippen LogP contribution is 2.21. The SMILES string of the molecule is Brc1ccc2ccc(Nc3ccccn3)nc2c1. The van der Waals surface area contributed by atoms with Crippen molar-refractivity contribution in [3.05, 3.63) is 59.2 Å². The average molecular weight is 300 g/mol. The largest absolute Gasteiger partial charge is 0.325 e. The number of pyridine rings is 2. The second-order valence-corrected chi connectivity index (χ2v) is 4.79. The first-order valence-electron chi connectivity index (χ1n) is 5.56. The molecule has 3 aromatic rings. The number of nitrogens with one attached hydrogen (secondary N) is 1. The Balaban J connectivity index is 1.98. The van der Waals surface area contributed by atoms with Crippen molar-refractivity contribution in [1.29, 1.82) is 0 Å². The van der Waals surface area contributed by atoms with Gasteiger partial charge in [0.15, 0.2) is 0 Å². The van der Waals surface area contributed by atoms with Gasteiger partial charge in [0.1, 0.15) is 11.6 Å². The van der Waals surface area contributed by atoms with Crippen LogP contribution in [0.5, 0.6) is 0 Å². The molecule has 0 bridgehead atoms. The molecule has 3 rings (SSSR count). The molecule has 0 saturated carbocycles. The van der Waals surface area contributed by atoms with Gasteiger partial charge in [-0.25, -0.2) is 9.97 Å². The molecule has 1 aromatic carbocycles. The zero-order chi connectivity index (χ0) is 12.4. The molecule has 0 saturated heterocycles. The molecule has 0 spiro atoms. The number of anilines is 2. The Labute approximate surface area is 113 Å². The van der Waals surface area contributed by atoms with Crippen LogP contribution in [0.4, 0.5) is 11.6 Å². The second kappa shape index (κ2) is 4.74. The molecule has 0 unspecified atom stereocenters. The summed E-state index contributed by atoms with van der Waals surface area (Å²) in [6.07, 6.45) is 1.75. The predicted molar refractivity (Wildman–Crippen MR) is 77.0 cm³/mol. The molecule has 1 N–H and O–H groups in total. The molecular weight excluding hydrogens is 290 g/mol. The van der Waals surface area contributed by atoms with Gasteiger partial charge in [-0.2, -0.15) is 0 Å². The standard InChI is InChI=1S/C14H10BrN3/c15-11-6-4-10-5-7-14(17-12(10)9-11)18-13-3-1-2-8-16-13/h1-9H,(H,16,17,18). The van der Waals surface area contributed by atoms with Gasteiger partial charge in [-0.3, -0.25) is 0 Å². The summed E-state index contributed by atoms with van der Waals surface area (Å²) in [7, 11) is 0. The van der Waals surface area contributed by atoms with Gasteiger partial charge in [-0.1, -0.05) is 28.1 Å². The highest BCUT2D eigenvalue weighted by atomic mass is 79.9. The van der Waals surface area contributed by atoms with E-state index in [1.165, 1.54) is 0 Å². The number of aromatic nitrogens is 2. The number of fused-ring (bicyclic) bond motifs is 1. The minimum atomic E-state index is 0.791. The quantitative estimate of drug-likeness (QED) is 0.773. The third-order valence-electron chi connectivity index (χ3n) is 2.58. The molecule has 18 heavy (non-hydrogen) atoms. The maximum atomic E-state index is 4.55. The second-order valence-electron chi connectivity index (χ2n) is 3.87. The van der Waals surface area contributed by atoms with E-state index in [4.69, 9.17) is 0 Å². The van der Waals surface area contributed by atoms with Gasteiger partial charge in [0.05, 0.1) is 5.52 Å². The highest BCUT2D eigenvalue weighted by molar-refractivity contribution is 9.10. The van der Waals surface area contributed by atoms with E-state index in [1.807, 2.05) is 48.5 Å². The topological polar surface area (TPSA) is 37.8 Å². The Morgan fingerprint density at radius 1 is 0.944 bits per heavy atom. The van der Waals surface area contributed by atoms with E-state index in [9.17, 15) is 0 Å². The first-order valence-corrected chi connectivity index (χ1v) is 6.35. The van der Waals surface area contributed by atoms with Crippen LogP contribution in [0.3, 0.4) is 0 Å². The molecule has 0 aliphatic carbocycles. The summed E-state index contributed by atoms with van der Waals surface area (Å²) in [6.45, 7) is 0. The van der Waals surface area contributed by atoms with Crippen LogP contribution >= 0.6 is 15.9 Å². The lowest BCUT2D eigenvalue weighted by atomic mass is 10.2. The number of nitrogens with zero attached hydrogens (tertiary/aromatic N) is 2. The van der Waals surface area contributed by atoms with Crippen LogP contribution < -0.4 is 5.32 Å². The fourth-order valence-electron chi connectivity index (χ4n) is 1.73. The van der Waals surface area contributed by atoms with E-state index in [-0.39, 0.29) is 0 Å². The maximum Gasteiger partial charge on any atom is 0.132 e. The first-order chi connectivity index (χ1) is 8.81. The maximum absolute atomic E-state index is 4.55. The van der Waals surface area contributed by atoms with Crippen molar-refractivity contribution in [3.63, 3.8) is 0 Å². The Bertz CT molecular complexity index is 683. The van der Waals surface area contributed by atoms with Gasteiger partial charge in [0.2, 0.25) is 0 Å². The van der Waals surface area contributed by atoms with Crippen molar-refractivity contribution in [1.82, 2.24) is 9.97 Å². The van der Waals surface area contributed by atoms with E-state index in [0.29, 0.717) is 0 Å². The van der Waals surface area contributed by atoms with E-state index in [0.717, 1.165) is 27.0 Å². The number of rotatable bonds is 2. The molecule has 0 aliphatic rings. The van der Waals surface area contributed by atoms with Gasteiger partial charge in [-0.05, 0) is 36.4 Å². The van der Waals surface area contributed by atoms with Crippen molar-refractivity contribution >= 4 is 38.5 Å². The van der Waals surface area contributed by atoms with E-state index < -0.39 is 0 Å². The third kappa shape index (κ3) is 2.33. The van der Waals surface area contributed by atoms with Gasteiger partial charge >= 0.3 is 0 Å². The fourth-order valence-corrected chi connectivity index (χ4v) is 2.08. The molecule has 3 nitrogen and oxygen atoms in total. The lowest BCUT2D eigenvalue weighted by molar-refractivity contribution is 1.27. The van der Waals surface area contributed by atoms with Crippen LogP contribution in [-0.4, -0.2) is 9.97 Å². The number of benzene rings is 1. The zero-order valence-electron chi connectivity index (χ0n) is 9.47. The van der Waals surface area contributed by atoms with E-state index in [2.05, 4.69) is 31.2 Å². The number of hydrogen-bond acceptors (Lipinski definition) is 3. The van der Waals surface area contributed by atoms with Crippen molar-refractivity contribution in [2.45, 2.75) is 0 Å². The van der Waals surface area contributed by atoms with Crippen LogP contribution in [0.25, 0.3) is 10.9 Å². The molecule has 0 fully saturated rings. The van der Waals surface area contributed by atoms with Crippen LogP contribution in [0.2, 0.25) is 0 Å². The summed E-state index contributed by atoms with van der Waals surface area (Å²) in [5.74, 6) is 1.58. The van der Waals surface area contributed by atoms with Crippen LogP contribution in [0.1, 0.15) is 0 Å². The summed E-state index contributed by atoms with van der Waals surface area (Å²) < 4.78 is 1.03. The minimum absolute atomic E-state index is 0.791. The molecule has 2 heterocycles. The third-order valence-corrected chi connectivity index (χ3v) is 3.07. The molecule has 0 atom stereocenters. The summed E-state index contributed by atoms with van der Waals surface area (Å²) in [5, 5.41) is 4.29. The van der Waals surface area contributed by atoms with Crippen molar-refractivity contribution < 1.29 is 0 Å².